The molecule has 2 radical (unpaired) electrons. The van der Waals surface area contributed by atoms with Gasteiger partial charge in [-0.15, -0.1) is 0 Å². The Labute approximate surface area is 58.1 Å². The minimum Gasteiger partial charge on any atom is -0.0805 e. The molecular formula is C8H11B. The molecule has 1 heteroatoms. The number of hydrogen-bond donors (Lipinski definition) is 0. The summed E-state index contributed by atoms with van der Waals surface area (Å²) in [5.74, 6) is 0.292. The van der Waals surface area contributed by atoms with Crippen molar-refractivity contribution in [2.45, 2.75) is 25.6 Å². The van der Waals surface area contributed by atoms with Crippen LogP contribution in [-0.4, -0.2) is 7.85 Å². The van der Waals surface area contributed by atoms with Crippen LogP contribution in [0.5, 0.6) is 0 Å². The average Bonchev–Trinajstić information content (AvgIpc) is 2.37. The smallest absolute Gasteiger partial charge is 0.0759 e. The van der Waals surface area contributed by atoms with Gasteiger partial charge >= 0.3 is 0 Å². The molecule has 0 amide bonds. The average molecular weight is 118 g/mol. The zero-order chi connectivity index (χ0) is 6.69. The largest absolute Gasteiger partial charge is 0.0805 e. The van der Waals surface area contributed by atoms with E-state index in [0.29, 0.717) is 5.82 Å². The quantitative estimate of drug-likeness (QED) is 0.487. The first kappa shape index (κ1) is 6.66. The highest BCUT2D eigenvalue weighted by atomic mass is 14.1. The van der Waals surface area contributed by atoms with Crippen molar-refractivity contribution < 1.29 is 0 Å². The van der Waals surface area contributed by atoms with E-state index in [4.69, 9.17) is 7.85 Å². The van der Waals surface area contributed by atoms with Crippen molar-refractivity contribution in [1.82, 2.24) is 0 Å². The Morgan fingerprint density at radius 2 is 2.56 bits per heavy atom. The molecule has 0 saturated heterocycles. The molecule has 1 aliphatic rings. The van der Waals surface area contributed by atoms with Crippen LogP contribution in [0, 0.1) is 0 Å². The summed E-state index contributed by atoms with van der Waals surface area (Å²) in [6.07, 6.45) is 8.45. The monoisotopic (exact) mass is 118 g/mol. The van der Waals surface area contributed by atoms with Gasteiger partial charge in [0.15, 0.2) is 0 Å². The van der Waals surface area contributed by atoms with Crippen LogP contribution in [0.25, 0.3) is 0 Å². The SMILES string of the molecule is [B]C(CC)C1=CC=CC1. The molecule has 1 rings (SSSR count). The summed E-state index contributed by atoms with van der Waals surface area (Å²) < 4.78 is 0. The normalized spacial score (nSPS) is 19.9. The molecule has 0 N–H and O–H groups in total. The predicted octanol–water partition coefficient (Wildman–Crippen LogP) is 2.24. The van der Waals surface area contributed by atoms with Crippen molar-refractivity contribution in [3.63, 3.8) is 0 Å². The lowest BCUT2D eigenvalue weighted by atomic mass is 9.78. The van der Waals surface area contributed by atoms with Gasteiger partial charge in [-0.2, -0.15) is 0 Å². The lowest BCUT2D eigenvalue weighted by Gasteiger charge is -2.08. The number of hydrogen-bond acceptors (Lipinski definition) is 0. The summed E-state index contributed by atoms with van der Waals surface area (Å²) in [4.78, 5) is 0. The number of allylic oxidation sites excluding steroid dienone is 4. The van der Waals surface area contributed by atoms with E-state index in [9.17, 15) is 0 Å². The van der Waals surface area contributed by atoms with E-state index in [1.165, 1.54) is 5.57 Å². The van der Waals surface area contributed by atoms with Crippen LogP contribution in [0.3, 0.4) is 0 Å². The third kappa shape index (κ3) is 1.47. The van der Waals surface area contributed by atoms with Crippen LogP contribution in [0.15, 0.2) is 23.8 Å². The fraction of sp³-hybridized carbons (Fsp3) is 0.500. The molecule has 0 saturated carbocycles. The lowest BCUT2D eigenvalue weighted by molar-refractivity contribution is 0.882. The van der Waals surface area contributed by atoms with Crippen molar-refractivity contribution >= 4 is 7.85 Å². The third-order valence-corrected chi connectivity index (χ3v) is 1.72. The summed E-state index contributed by atoms with van der Waals surface area (Å²) >= 11 is 0. The molecule has 0 spiro atoms. The first-order valence-corrected chi connectivity index (χ1v) is 3.45. The van der Waals surface area contributed by atoms with Gasteiger partial charge in [-0.25, -0.2) is 0 Å². The van der Waals surface area contributed by atoms with Crippen LogP contribution in [0.1, 0.15) is 19.8 Å². The van der Waals surface area contributed by atoms with Crippen molar-refractivity contribution in [3.8, 4) is 0 Å². The number of rotatable bonds is 2. The second-order valence-corrected chi connectivity index (χ2v) is 2.39. The highest BCUT2D eigenvalue weighted by Gasteiger charge is 2.05. The molecule has 0 aromatic heterocycles. The van der Waals surface area contributed by atoms with Crippen molar-refractivity contribution in [2.75, 3.05) is 0 Å². The Morgan fingerprint density at radius 1 is 1.78 bits per heavy atom. The minimum absolute atomic E-state index is 0.292. The molecule has 0 heterocycles. The zero-order valence-corrected chi connectivity index (χ0v) is 5.80. The van der Waals surface area contributed by atoms with E-state index >= 15 is 0 Å². The first-order chi connectivity index (χ1) is 4.34. The van der Waals surface area contributed by atoms with Crippen LogP contribution in [-0.2, 0) is 0 Å². The summed E-state index contributed by atoms with van der Waals surface area (Å²) in [5.41, 5.74) is 1.37. The van der Waals surface area contributed by atoms with Gasteiger partial charge in [0.25, 0.3) is 0 Å². The van der Waals surface area contributed by atoms with Crippen LogP contribution in [0.4, 0.5) is 0 Å². The van der Waals surface area contributed by atoms with E-state index in [2.05, 4.69) is 25.2 Å². The summed E-state index contributed by atoms with van der Waals surface area (Å²) in [6, 6.07) is 0. The molecule has 0 bridgehead atoms. The van der Waals surface area contributed by atoms with Gasteiger partial charge in [-0.3, -0.25) is 0 Å². The summed E-state index contributed by atoms with van der Waals surface area (Å²) in [7, 11) is 5.77. The summed E-state index contributed by atoms with van der Waals surface area (Å²) in [6.45, 7) is 2.11. The van der Waals surface area contributed by atoms with Gasteiger partial charge in [0.1, 0.15) is 0 Å². The Hall–Kier alpha value is -0.455. The molecular weight excluding hydrogens is 107 g/mol. The fourth-order valence-corrected chi connectivity index (χ4v) is 1.00. The Morgan fingerprint density at radius 3 is 3.00 bits per heavy atom. The van der Waals surface area contributed by atoms with E-state index in [1.807, 2.05) is 0 Å². The molecule has 1 unspecified atom stereocenters. The third-order valence-electron chi connectivity index (χ3n) is 1.72. The second-order valence-electron chi connectivity index (χ2n) is 2.39. The maximum atomic E-state index is 5.77. The van der Waals surface area contributed by atoms with Crippen molar-refractivity contribution in [2.24, 2.45) is 0 Å². The van der Waals surface area contributed by atoms with Gasteiger partial charge in [-0.1, -0.05) is 43.0 Å². The molecule has 0 aromatic rings. The molecule has 0 fully saturated rings. The van der Waals surface area contributed by atoms with E-state index in [-0.39, 0.29) is 0 Å². The maximum absolute atomic E-state index is 5.77. The molecule has 46 valence electrons. The molecule has 9 heavy (non-hydrogen) atoms. The first-order valence-electron chi connectivity index (χ1n) is 3.45. The molecule has 0 aromatic carbocycles. The van der Waals surface area contributed by atoms with Gasteiger partial charge in [0, 0.05) is 0 Å². The lowest BCUT2D eigenvalue weighted by Crippen LogP contribution is -1.92. The summed E-state index contributed by atoms with van der Waals surface area (Å²) in [5, 5.41) is 0. The second kappa shape index (κ2) is 2.91. The highest BCUT2D eigenvalue weighted by molar-refractivity contribution is 6.13. The molecule has 0 aliphatic heterocycles. The maximum Gasteiger partial charge on any atom is 0.0759 e. The van der Waals surface area contributed by atoms with E-state index in [1.54, 1.807) is 0 Å². The molecule has 1 aliphatic carbocycles. The molecule has 1 atom stereocenters. The minimum atomic E-state index is 0.292. The standard InChI is InChI=1S/C8H11B/c1-2-8(9)7-5-3-4-6-7/h3-5,8H,2,6H2,1H3. The molecule has 0 nitrogen and oxygen atoms in total. The van der Waals surface area contributed by atoms with Gasteiger partial charge in [-0.05, 0) is 6.42 Å². The van der Waals surface area contributed by atoms with Crippen molar-refractivity contribution in [3.05, 3.63) is 23.8 Å². The predicted molar refractivity (Wildman–Crippen MR) is 41.6 cm³/mol. The van der Waals surface area contributed by atoms with Gasteiger partial charge in [0.05, 0.1) is 7.85 Å². The van der Waals surface area contributed by atoms with Gasteiger partial charge < -0.3 is 0 Å². The fourth-order valence-electron chi connectivity index (χ4n) is 1.00. The van der Waals surface area contributed by atoms with Gasteiger partial charge in [0.2, 0.25) is 0 Å². The zero-order valence-electron chi connectivity index (χ0n) is 5.80. The van der Waals surface area contributed by atoms with Crippen LogP contribution < -0.4 is 0 Å². The van der Waals surface area contributed by atoms with Crippen LogP contribution >= 0.6 is 0 Å². The van der Waals surface area contributed by atoms with E-state index in [0.717, 1.165) is 12.8 Å². The Balaban J connectivity index is 2.45. The Kier molecular flexibility index (Phi) is 2.15. The van der Waals surface area contributed by atoms with Crippen LogP contribution in [0.2, 0.25) is 5.82 Å². The Bertz CT molecular complexity index is 145. The van der Waals surface area contributed by atoms with E-state index < -0.39 is 0 Å². The topological polar surface area (TPSA) is 0 Å². The van der Waals surface area contributed by atoms with Crippen molar-refractivity contribution in [1.29, 1.82) is 0 Å². The highest BCUT2D eigenvalue weighted by Crippen LogP contribution is 2.24.